The van der Waals surface area contributed by atoms with E-state index in [9.17, 15) is 0 Å². The molecule has 0 radical (unpaired) electrons. The van der Waals surface area contributed by atoms with Crippen LogP contribution in [-0.2, 0) is 9.47 Å². The van der Waals surface area contributed by atoms with Gasteiger partial charge in [0, 0.05) is 19.5 Å². The van der Waals surface area contributed by atoms with Crippen molar-refractivity contribution in [2.24, 2.45) is 4.99 Å². The predicted octanol–water partition coefficient (Wildman–Crippen LogP) is 1.67. The SMILES string of the molecule is COCCOC(=N)/N=C(\Nc1ncccn1)C(C)Br. The Balaban J connectivity index is 2.64. The smallest absolute Gasteiger partial charge is 0.310 e. The Hall–Kier alpha value is -1.54. The van der Waals surface area contributed by atoms with Gasteiger partial charge in [-0.2, -0.15) is 4.99 Å². The van der Waals surface area contributed by atoms with Gasteiger partial charge in [0.05, 0.1) is 11.4 Å². The van der Waals surface area contributed by atoms with E-state index in [0.29, 0.717) is 18.4 Å². The topological polar surface area (TPSA) is 92.5 Å². The third-order valence-corrected chi connectivity index (χ3v) is 2.36. The number of amidine groups is 2. The van der Waals surface area contributed by atoms with E-state index in [0.717, 1.165) is 0 Å². The van der Waals surface area contributed by atoms with Crippen LogP contribution >= 0.6 is 15.9 Å². The summed E-state index contributed by atoms with van der Waals surface area (Å²) in [5, 5.41) is 10.5. The fourth-order valence-electron chi connectivity index (χ4n) is 1.06. The lowest BCUT2D eigenvalue weighted by atomic mass is 10.4. The van der Waals surface area contributed by atoms with Gasteiger partial charge in [-0.25, -0.2) is 15.4 Å². The number of aliphatic imine (C=N–C) groups is 1. The lowest BCUT2D eigenvalue weighted by Crippen LogP contribution is -2.24. The summed E-state index contributed by atoms with van der Waals surface area (Å²) in [6.45, 7) is 2.56. The van der Waals surface area contributed by atoms with Crippen molar-refractivity contribution in [2.45, 2.75) is 11.8 Å². The molecule has 0 spiro atoms. The number of hydrogen-bond donors (Lipinski definition) is 2. The minimum absolute atomic E-state index is 0.0947. The number of hydrogen-bond acceptors (Lipinski definition) is 5. The van der Waals surface area contributed by atoms with E-state index in [1.54, 1.807) is 25.6 Å². The van der Waals surface area contributed by atoms with E-state index in [2.05, 4.69) is 36.2 Å². The van der Waals surface area contributed by atoms with E-state index in [1.165, 1.54) is 0 Å². The number of ether oxygens (including phenoxy) is 2. The molecule has 0 amide bonds. The van der Waals surface area contributed by atoms with Gasteiger partial charge in [-0.05, 0) is 13.0 Å². The van der Waals surface area contributed by atoms with Crippen LogP contribution in [0.1, 0.15) is 6.92 Å². The molecule has 0 aliphatic carbocycles. The van der Waals surface area contributed by atoms with Crippen LogP contribution in [0.15, 0.2) is 23.5 Å². The quantitative estimate of drug-likeness (QED) is 0.371. The molecule has 7 nitrogen and oxygen atoms in total. The first-order chi connectivity index (χ1) is 9.13. The maximum atomic E-state index is 7.59. The molecule has 2 N–H and O–H groups in total. The van der Waals surface area contributed by atoms with Crippen molar-refractivity contribution in [3.63, 3.8) is 0 Å². The van der Waals surface area contributed by atoms with Crippen LogP contribution in [0, 0.1) is 5.41 Å². The van der Waals surface area contributed by atoms with Crippen molar-refractivity contribution in [3.8, 4) is 0 Å². The maximum absolute atomic E-state index is 7.59. The first-order valence-electron chi connectivity index (χ1n) is 5.60. The fraction of sp³-hybridized carbons (Fsp3) is 0.455. The van der Waals surface area contributed by atoms with Crippen LogP contribution in [0.2, 0.25) is 0 Å². The monoisotopic (exact) mass is 329 g/mol. The molecule has 1 aromatic rings. The molecule has 1 heterocycles. The molecule has 0 saturated carbocycles. The summed E-state index contributed by atoms with van der Waals surface area (Å²) in [6, 6.07) is 1.52. The number of aromatic nitrogens is 2. The summed E-state index contributed by atoms with van der Waals surface area (Å²) in [4.78, 5) is 12.0. The Kier molecular flexibility index (Phi) is 6.98. The van der Waals surface area contributed by atoms with Crippen LogP contribution < -0.4 is 5.32 Å². The summed E-state index contributed by atoms with van der Waals surface area (Å²) in [5.74, 6) is 0.908. The van der Waals surface area contributed by atoms with Crippen molar-refractivity contribution < 1.29 is 9.47 Å². The molecule has 1 unspecified atom stereocenters. The molecular formula is C11H16BrN5O2. The first-order valence-corrected chi connectivity index (χ1v) is 6.52. The zero-order valence-corrected chi connectivity index (χ0v) is 12.3. The minimum Gasteiger partial charge on any atom is -0.461 e. The van der Waals surface area contributed by atoms with Crippen molar-refractivity contribution in [1.29, 1.82) is 5.41 Å². The Morgan fingerprint density at radius 2 is 2.16 bits per heavy atom. The van der Waals surface area contributed by atoms with E-state index in [1.807, 2.05) is 6.92 Å². The molecule has 1 aromatic heterocycles. The molecule has 0 fully saturated rings. The second kappa shape index (κ2) is 8.54. The second-order valence-electron chi connectivity index (χ2n) is 3.46. The van der Waals surface area contributed by atoms with Crippen molar-refractivity contribution in [1.82, 2.24) is 9.97 Å². The summed E-state index contributed by atoms with van der Waals surface area (Å²) >= 11 is 3.38. The number of rotatable bonds is 5. The van der Waals surface area contributed by atoms with Crippen molar-refractivity contribution in [3.05, 3.63) is 18.5 Å². The number of nitrogens with zero attached hydrogens (tertiary/aromatic N) is 3. The van der Waals surface area contributed by atoms with Crippen LogP contribution in [-0.4, -0.2) is 47.0 Å². The predicted molar refractivity (Wildman–Crippen MR) is 77.0 cm³/mol. The van der Waals surface area contributed by atoms with Gasteiger partial charge in [0.25, 0.3) is 0 Å². The van der Waals surface area contributed by atoms with Gasteiger partial charge >= 0.3 is 6.02 Å². The highest BCUT2D eigenvalue weighted by atomic mass is 79.9. The van der Waals surface area contributed by atoms with E-state index >= 15 is 0 Å². The average Bonchev–Trinajstić information content (AvgIpc) is 2.39. The molecular weight excluding hydrogens is 314 g/mol. The first kappa shape index (κ1) is 15.5. The van der Waals surface area contributed by atoms with Gasteiger partial charge in [-0.15, -0.1) is 0 Å². The summed E-state index contributed by atoms with van der Waals surface area (Å²) < 4.78 is 9.90. The summed E-state index contributed by atoms with van der Waals surface area (Å²) in [6.07, 6.45) is 3.23. The summed E-state index contributed by atoms with van der Waals surface area (Å²) in [5.41, 5.74) is 0. The minimum atomic E-state index is -0.193. The van der Waals surface area contributed by atoms with Gasteiger partial charge in [-0.1, -0.05) is 15.9 Å². The zero-order valence-electron chi connectivity index (χ0n) is 10.8. The fourth-order valence-corrected chi connectivity index (χ4v) is 1.27. The Labute approximate surface area is 120 Å². The van der Waals surface area contributed by atoms with E-state index < -0.39 is 0 Å². The van der Waals surface area contributed by atoms with E-state index in [4.69, 9.17) is 14.9 Å². The van der Waals surface area contributed by atoms with E-state index in [-0.39, 0.29) is 17.5 Å². The molecule has 8 heteroatoms. The number of anilines is 1. The van der Waals surface area contributed by atoms with Crippen LogP contribution in [0.5, 0.6) is 0 Å². The van der Waals surface area contributed by atoms with Crippen LogP contribution in [0.3, 0.4) is 0 Å². The number of halogens is 1. The number of methoxy groups -OCH3 is 1. The molecule has 0 aliphatic rings. The lowest BCUT2D eigenvalue weighted by molar-refractivity contribution is 0.139. The number of nitrogens with one attached hydrogen (secondary N) is 2. The van der Waals surface area contributed by atoms with Crippen LogP contribution in [0.25, 0.3) is 0 Å². The maximum Gasteiger partial charge on any atom is 0.310 e. The molecule has 1 atom stereocenters. The number of alkyl halides is 1. The lowest BCUT2D eigenvalue weighted by Gasteiger charge is -2.11. The third kappa shape index (κ3) is 6.25. The molecule has 0 aromatic carbocycles. The molecule has 1 rings (SSSR count). The molecule has 0 aliphatic heterocycles. The standard InChI is InChI=1S/C11H16BrN5O2/c1-8(12)9(16-10(13)19-7-6-18-2)17-11-14-4-3-5-15-11/h3-5,8H,6-7H2,1-2H3,(H2,13,14,15,16,17). The highest BCUT2D eigenvalue weighted by molar-refractivity contribution is 9.10. The van der Waals surface area contributed by atoms with Gasteiger partial charge in [0.2, 0.25) is 5.95 Å². The van der Waals surface area contributed by atoms with Crippen LogP contribution in [0.4, 0.5) is 5.95 Å². The molecule has 104 valence electrons. The van der Waals surface area contributed by atoms with Crippen molar-refractivity contribution >= 4 is 33.7 Å². The Morgan fingerprint density at radius 1 is 1.47 bits per heavy atom. The Morgan fingerprint density at radius 3 is 2.74 bits per heavy atom. The largest absolute Gasteiger partial charge is 0.461 e. The highest BCUT2D eigenvalue weighted by Crippen LogP contribution is 2.05. The third-order valence-electron chi connectivity index (χ3n) is 1.93. The van der Waals surface area contributed by atoms with Gasteiger partial charge in [0.1, 0.15) is 12.4 Å². The van der Waals surface area contributed by atoms with Crippen molar-refractivity contribution in [2.75, 3.05) is 25.6 Å². The average molecular weight is 330 g/mol. The Bertz CT molecular complexity index is 424. The highest BCUT2D eigenvalue weighted by Gasteiger charge is 2.10. The normalized spacial score (nSPS) is 12.9. The zero-order chi connectivity index (χ0) is 14.1. The van der Waals surface area contributed by atoms with Gasteiger partial charge < -0.3 is 14.8 Å². The summed E-state index contributed by atoms with van der Waals surface area (Å²) in [7, 11) is 1.57. The molecule has 19 heavy (non-hydrogen) atoms. The molecule has 0 bridgehead atoms. The van der Waals surface area contributed by atoms with Gasteiger partial charge in [-0.3, -0.25) is 0 Å². The second-order valence-corrected chi connectivity index (χ2v) is 4.83. The molecule has 0 saturated heterocycles. The van der Waals surface area contributed by atoms with Gasteiger partial charge in [0.15, 0.2) is 0 Å².